The Morgan fingerprint density at radius 1 is 1.08 bits per heavy atom. The van der Waals surface area contributed by atoms with Gasteiger partial charge in [0.1, 0.15) is 5.75 Å². The molecule has 2 heterocycles. The van der Waals surface area contributed by atoms with Crippen LogP contribution in [0.3, 0.4) is 0 Å². The van der Waals surface area contributed by atoms with Gasteiger partial charge in [-0.2, -0.15) is 0 Å². The Morgan fingerprint density at radius 3 is 2.44 bits per heavy atom. The van der Waals surface area contributed by atoms with Gasteiger partial charge in [0.2, 0.25) is 5.91 Å². The molecule has 2 aliphatic heterocycles. The van der Waals surface area contributed by atoms with Crippen LogP contribution in [0, 0.1) is 11.8 Å². The van der Waals surface area contributed by atoms with Crippen LogP contribution in [0.25, 0.3) is 0 Å². The number of halogens is 2. The van der Waals surface area contributed by atoms with E-state index in [1.54, 1.807) is 29.2 Å². The molecule has 2 aromatic carbocycles. The first kappa shape index (κ1) is 27.4. The molecular weight excluding hydrogens is 636 g/mol. The first-order chi connectivity index (χ1) is 18.7. The third-order valence-corrected chi connectivity index (χ3v) is 8.85. The number of esters is 1. The molecule has 2 aromatic rings. The SMILES string of the molecule is COC(=O)COc1ccc2c(c1)NC(=O)N(C1CCN(C(=O)[C@@H]3C[C@H]3C(=O)c3cc(Br)c(N)c(Br)c3)CC1)C2. The lowest BCUT2D eigenvalue weighted by Gasteiger charge is -2.40. The lowest BCUT2D eigenvalue weighted by atomic mass is 10.00. The smallest absolute Gasteiger partial charge is 0.343 e. The third kappa shape index (κ3) is 5.76. The number of urea groups is 1. The summed E-state index contributed by atoms with van der Waals surface area (Å²) in [5, 5.41) is 2.91. The van der Waals surface area contributed by atoms with Crippen LogP contribution in [0.2, 0.25) is 0 Å². The number of fused-ring (bicyclic) bond motifs is 1. The number of hydrogen-bond acceptors (Lipinski definition) is 7. The van der Waals surface area contributed by atoms with Gasteiger partial charge in [-0.05, 0) is 74.9 Å². The summed E-state index contributed by atoms with van der Waals surface area (Å²) in [6.45, 7) is 1.32. The number of amides is 3. The largest absolute Gasteiger partial charge is 0.482 e. The Morgan fingerprint density at radius 2 is 1.77 bits per heavy atom. The monoisotopic (exact) mass is 662 g/mol. The van der Waals surface area contributed by atoms with Crippen molar-refractivity contribution in [1.29, 1.82) is 0 Å². The minimum atomic E-state index is -0.486. The number of nitrogen functional groups attached to an aromatic ring is 1. The first-order valence-corrected chi connectivity index (χ1v) is 14.2. The number of nitrogens with zero attached hydrogens (tertiary/aromatic N) is 2. The van der Waals surface area contributed by atoms with Gasteiger partial charge in [0.15, 0.2) is 12.4 Å². The lowest BCUT2D eigenvalue weighted by Crippen LogP contribution is -2.51. The van der Waals surface area contributed by atoms with Gasteiger partial charge >= 0.3 is 12.0 Å². The van der Waals surface area contributed by atoms with Crippen molar-refractivity contribution >= 4 is 66.9 Å². The number of piperidine rings is 1. The van der Waals surface area contributed by atoms with E-state index in [9.17, 15) is 19.2 Å². The molecule has 3 amide bonds. The van der Waals surface area contributed by atoms with Crippen molar-refractivity contribution in [1.82, 2.24) is 9.80 Å². The van der Waals surface area contributed by atoms with Gasteiger partial charge in [0, 0.05) is 58.1 Å². The molecule has 10 nitrogen and oxygen atoms in total. The van der Waals surface area contributed by atoms with Gasteiger partial charge in [0.05, 0.1) is 18.5 Å². The molecule has 3 N–H and O–H groups in total. The van der Waals surface area contributed by atoms with Crippen molar-refractivity contribution in [3.63, 3.8) is 0 Å². The van der Waals surface area contributed by atoms with Crippen LogP contribution in [-0.2, 0) is 20.9 Å². The van der Waals surface area contributed by atoms with Crippen LogP contribution < -0.4 is 15.8 Å². The van der Waals surface area contributed by atoms with Crippen LogP contribution in [0.1, 0.15) is 35.2 Å². The Bertz CT molecular complexity index is 1320. The number of benzene rings is 2. The molecule has 206 valence electrons. The second-order valence-corrected chi connectivity index (χ2v) is 11.7. The van der Waals surface area contributed by atoms with Crippen molar-refractivity contribution in [2.75, 3.05) is 37.9 Å². The zero-order chi connectivity index (χ0) is 27.8. The summed E-state index contributed by atoms with van der Waals surface area (Å²) >= 11 is 6.75. The van der Waals surface area contributed by atoms with Crippen LogP contribution >= 0.6 is 31.9 Å². The average Bonchev–Trinajstić information content (AvgIpc) is 3.74. The molecule has 0 unspecified atom stereocenters. The highest BCUT2D eigenvalue weighted by atomic mass is 79.9. The molecule has 1 saturated heterocycles. The molecular formula is C27H28Br2N4O6. The summed E-state index contributed by atoms with van der Waals surface area (Å²) in [5.74, 6) is -0.679. The zero-order valence-corrected chi connectivity index (χ0v) is 24.4. The second kappa shape index (κ2) is 11.2. The van der Waals surface area contributed by atoms with Crippen molar-refractivity contribution in [2.45, 2.75) is 31.8 Å². The van der Waals surface area contributed by atoms with E-state index in [2.05, 4.69) is 41.9 Å². The second-order valence-electron chi connectivity index (χ2n) is 9.96. The summed E-state index contributed by atoms with van der Waals surface area (Å²) in [4.78, 5) is 54.0. The fraction of sp³-hybridized carbons (Fsp3) is 0.407. The molecule has 2 fully saturated rings. The molecule has 1 aliphatic carbocycles. The highest BCUT2D eigenvalue weighted by Gasteiger charge is 2.50. The van der Waals surface area contributed by atoms with Crippen molar-refractivity contribution in [3.8, 4) is 5.75 Å². The number of ether oxygens (including phenoxy) is 2. The minimum Gasteiger partial charge on any atom is -0.482 e. The molecule has 5 rings (SSSR count). The number of ketones is 1. The quantitative estimate of drug-likeness (QED) is 0.258. The summed E-state index contributed by atoms with van der Waals surface area (Å²) in [7, 11) is 1.29. The van der Waals surface area contributed by atoms with E-state index in [-0.39, 0.29) is 42.2 Å². The Balaban J connectivity index is 1.14. The minimum absolute atomic E-state index is 0.00133. The van der Waals surface area contributed by atoms with E-state index in [1.165, 1.54) is 7.11 Å². The van der Waals surface area contributed by atoms with Gasteiger partial charge in [-0.3, -0.25) is 9.59 Å². The topological polar surface area (TPSA) is 131 Å². The normalized spacial score (nSPS) is 20.6. The van der Waals surface area contributed by atoms with E-state index in [0.717, 1.165) is 5.56 Å². The van der Waals surface area contributed by atoms with Gasteiger partial charge in [-0.1, -0.05) is 6.07 Å². The Labute approximate surface area is 242 Å². The van der Waals surface area contributed by atoms with Crippen molar-refractivity contribution in [3.05, 3.63) is 50.4 Å². The summed E-state index contributed by atoms with van der Waals surface area (Å²) in [5.41, 5.74) is 8.58. The number of nitrogens with two attached hydrogens (primary N) is 1. The van der Waals surface area contributed by atoms with E-state index in [1.807, 2.05) is 11.0 Å². The van der Waals surface area contributed by atoms with Crippen LogP contribution in [0.4, 0.5) is 16.2 Å². The lowest BCUT2D eigenvalue weighted by molar-refractivity contribution is -0.143. The molecule has 0 aromatic heterocycles. The maximum absolute atomic E-state index is 13.2. The number of methoxy groups -OCH3 is 1. The van der Waals surface area contributed by atoms with Crippen molar-refractivity contribution in [2.24, 2.45) is 11.8 Å². The average molecular weight is 664 g/mol. The fourth-order valence-corrected chi connectivity index (χ4v) is 6.36. The predicted octanol–water partition coefficient (Wildman–Crippen LogP) is 4.20. The Kier molecular flexibility index (Phi) is 7.86. The molecule has 12 heteroatoms. The predicted molar refractivity (Wildman–Crippen MR) is 150 cm³/mol. The molecule has 0 bridgehead atoms. The molecule has 0 radical (unpaired) electrons. The number of nitrogens with one attached hydrogen (secondary N) is 1. The van der Waals surface area contributed by atoms with Gasteiger partial charge in [-0.15, -0.1) is 0 Å². The van der Waals surface area contributed by atoms with Gasteiger partial charge < -0.3 is 30.3 Å². The summed E-state index contributed by atoms with van der Waals surface area (Å²) in [6.07, 6.45) is 1.88. The van der Waals surface area contributed by atoms with Gasteiger partial charge in [-0.25, -0.2) is 9.59 Å². The number of hydrogen-bond donors (Lipinski definition) is 2. The standard InChI is InChI=1S/C27H28Br2N4O6/c1-38-23(34)13-39-17-3-2-14-12-33(27(37)31-22(14)10-17)16-4-6-32(7-5-16)26(36)19-11-18(19)25(35)15-8-20(28)24(30)21(29)9-15/h2-3,8-10,16,18-19H,4-7,11-13,30H2,1H3,(H,31,37)/t18-,19-/m1/s1. The van der Waals surface area contributed by atoms with Gasteiger partial charge in [0.25, 0.3) is 0 Å². The third-order valence-electron chi connectivity index (χ3n) is 7.53. The van der Waals surface area contributed by atoms with E-state index in [4.69, 9.17) is 10.5 Å². The van der Waals surface area contributed by atoms with E-state index in [0.29, 0.717) is 70.5 Å². The fourth-order valence-electron chi connectivity index (χ4n) is 5.17. The number of carbonyl (C=O) groups is 4. The highest BCUT2D eigenvalue weighted by molar-refractivity contribution is 9.11. The van der Waals surface area contributed by atoms with Crippen LogP contribution in [-0.4, -0.2) is 66.3 Å². The maximum Gasteiger partial charge on any atom is 0.343 e. The van der Waals surface area contributed by atoms with Crippen molar-refractivity contribution < 1.29 is 28.7 Å². The first-order valence-electron chi connectivity index (χ1n) is 12.6. The van der Waals surface area contributed by atoms with Crippen LogP contribution in [0.15, 0.2) is 39.3 Å². The summed E-state index contributed by atoms with van der Waals surface area (Å²) < 4.78 is 11.3. The molecule has 1 saturated carbocycles. The highest BCUT2D eigenvalue weighted by Crippen LogP contribution is 2.44. The number of carbonyl (C=O) groups excluding carboxylic acids is 4. The maximum atomic E-state index is 13.2. The molecule has 3 aliphatic rings. The molecule has 2 atom stereocenters. The number of likely N-dealkylation sites (tertiary alicyclic amines) is 1. The molecule has 39 heavy (non-hydrogen) atoms. The molecule has 0 spiro atoms. The number of Topliss-reactive ketones (excluding diaryl/α,β-unsaturated/α-hetero) is 1. The Hall–Kier alpha value is -3.12. The van der Waals surface area contributed by atoms with E-state index < -0.39 is 5.97 Å². The van der Waals surface area contributed by atoms with Crippen LogP contribution in [0.5, 0.6) is 5.75 Å². The summed E-state index contributed by atoms with van der Waals surface area (Å²) in [6, 6.07) is 8.52. The number of rotatable bonds is 7. The number of anilines is 2. The van der Waals surface area contributed by atoms with E-state index >= 15 is 0 Å². The zero-order valence-electron chi connectivity index (χ0n) is 21.2.